The van der Waals surface area contributed by atoms with Crippen LogP contribution >= 0.6 is 11.8 Å². The molecule has 0 heterocycles. The van der Waals surface area contributed by atoms with Gasteiger partial charge in [0.25, 0.3) is 0 Å². The molecule has 0 atom stereocenters. The summed E-state index contributed by atoms with van der Waals surface area (Å²) in [7, 11) is -2.41. The minimum atomic E-state index is -3.82. The van der Waals surface area contributed by atoms with E-state index in [1.54, 1.807) is 0 Å². The van der Waals surface area contributed by atoms with Crippen molar-refractivity contribution in [2.75, 3.05) is 25.6 Å². The SMILES string of the molecule is CSCCN(C)S(=O)(=O)c1cc(C)c(F)c(C(=O)O)c1. The molecule has 0 amide bonds. The Morgan fingerprint density at radius 1 is 1.45 bits per heavy atom. The number of halogens is 1. The van der Waals surface area contributed by atoms with Crippen molar-refractivity contribution in [3.63, 3.8) is 0 Å². The Morgan fingerprint density at radius 2 is 2.05 bits per heavy atom. The Labute approximate surface area is 121 Å². The first-order chi connectivity index (χ1) is 9.21. The molecule has 1 N–H and O–H groups in total. The molecule has 0 saturated carbocycles. The molecule has 0 unspecified atom stereocenters. The van der Waals surface area contributed by atoms with E-state index in [-0.39, 0.29) is 10.5 Å². The topological polar surface area (TPSA) is 74.7 Å². The monoisotopic (exact) mass is 321 g/mol. The van der Waals surface area contributed by atoms with Gasteiger partial charge in [0, 0.05) is 19.3 Å². The average molecular weight is 321 g/mol. The van der Waals surface area contributed by atoms with Crippen LogP contribution in [0.4, 0.5) is 4.39 Å². The predicted molar refractivity (Wildman–Crippen MR) is 76.3 cm³/mol. The Balaban J connectivity index is 3.29. The van der Waals surface area contributed by atoms with E-state index in [9.17, 15) is 17.6 Å². The lowest BCUT2D eigenvalue weighted by Gasteiger charge is -2.17. The fourth-order valence-corrected chi connectivity index (χ4v) is 3.42. The van der Waals surface area contributed by atoms with Crippen molar-refractivity contribution in [3.8, 4) is 0 Å². The summed E-state index contributed by atoms with van der Waals surface area (Å²) in [5, 5.41) is 8.91. The van der Waals surface area contributed by atoms with Gasteiger partial charge in [-0.25, -0.2) is 21.9 Å². The number of rotatable bonds is 6. The molecule has 0 fully saturated rings. The molecule has 0 bridgehead atoms. The quantitative estimate of drug-likeness (QED) is 0.865. The maximum Gasteiger partial charge on any atom is 0.338 e. The van der Waals surface area contributed by atoms with Crippen LogP contribution in [0.5, 0.6) is 0 Å². The second-order valence-electron chi connectivity index (χ2n) is 4.23. The number of hydrogen-bond acceptors (Lipinski definition) is 4. The van der Waals surface area contributed by atoms with Crippen LogP contribution in [0.1, 0.15) is 15.9 Å². The van der Waals surface area contributed by atoms with Gasteiger partial charge in [0.15, 0.2) is 0 Å². The fraction of sp³-hybridized carbons (Fsp3) is 0.417. The van der Waals surface area contributed by atoms with E-state index in [0.29, 0.717) is 12.3 Å². The number of carboxylic acid groups (broad SMARTS) is 1. The van der Waals surface area contributed by atoms with Gasteiger partial charge in [0.05, 0.1) is 10.5 Å². The number of carbonyl (C=O) groups is 1. The summed E-state index contributed by atoms with van der Waals surface area (Å²) in [4.78, 5) is 10.7. The lowest BCUT2D eigenvalue weighted by Crippen LogP contribution is -2.29. The smallest absolute Gasteiger partial charge is 0.338 e. The van der Waals surface area contributed by atoms with E-state index in [2.05, 4.69) is 0 Å². The standard InChI is InChI=1S/C12H16FNO4S2/c1-8-6-9(7-10(11(8)13)12(15)16)20(17,18)14(2)4-5-19-3/h6-7H,4-5H2,1-3H3,(H,15,16). The van der Waals surface area contributed by atoms with Crippen LogP contribution in [0.15, 0.2) is 17.0 Å². The molecule has 0 aliphatic rings. The first-order valence-electron chi connectivity index (χ1n) is 5.70. The molecule has 112 valence electrons. The Hall–Kier alpha value is -1.12. The third-order valence-corrected chi connectivity index (χ3v) is 5.20. The van der Waals surface area contributed by atoms with Gasteiger partial charge < -0.3 is 5.11 Å². The first kappa shape index (κ1) is 16.9. The number of sulfonamides is 1. The molecule has 0 aliphatic carbocycles. The maximum atomic E-state index is 13.6. The van der Waals surface area contributed by atoms with E-state index < -0.39 is 27.4 Å². The highest BCUT2D eigenvalue weighted by Gasteiger charge is 2.24. The number of hydrogen-bond donors (Lipinski definition) is 1. The number of benzene rings is 1. The van der Waals surface area contributed by atoms with Crippen molar-refractivity contribution in [1.82, 2.24) is 4.31 Å². The highest BCUT2D eigenvalue weighted by Crippen LogP contribution is 2.22. The van der Waals surface area contributed by atoms with Crippen LogP contribution in [0.2, 0.25) is 0 Å². The minimum Gasteiger partial charge on any atom is -0.478 e. The second-order valence-corrected chi connectivity index (χ2v) is 7.26. The van der Waals surface area contributed by atoms with Crippen molar-refractivity contribution in [2.24, 2.45) is 0 Å². The zero-order chi connectivity index (χ0) is 15.5. The molecule has 5 nitrogen and oxygen atoms in total. The largest absolute Gasteiger partial charge is 0.478 e. The fourth-order valence-electron chi connectivity index (χ4n) is 1.56. The van der Waals surface area contributed by atoms with Crippen LogP contribution in [-0.2, 0) is 10.0 Å². The number of aromatic carboxylic acids is 1. The molecule has 1 aromatic carbocycles. The van der Waals surface area contributed by atoms with Crippen LogP contribution in [0.25, 0.3) is 0 Å². The Kier molecular flexibility index (Phi) is 5.55. The predicted octanol–water partition coefficient (Wildman–Crippen LogP) is 1.82. The zero-order valence-corrected chi connectivity index (χ0v) is 13.0. The van der Waals surface area contributed by atoms with Crippen molar-refractivity contribution in [2.45, 2.75) is 11.8 Å². The molecule has 1 rings (SSSR count). The van der Waals surface area contributed by atoms with Crippen molar-refractivity contribution in [1.29, 1.82) is 0 Å². The van der Waals surface area contributed by atoms with Crippen LogP contribution in [0.3, 0.4) is 0 Å². The maximum absolute atomic E-state index is 13.6. The average Bonchev–Trinajstić information content (AvgIpc) is 2.38. The zero-order valence-electron chi connectivity index (χ0n) is 11.4. The lowest BCUT2D eigenvalue weighted by atomic mass is 10.1. The summed E-state index contributed by atoms with van der Waals surface area (Å²) in [6, 6.07) is 2.00. The summed E-state index contributed by atoms with van der Waals surface area (Å²) in [6.07, 6.45) is 1.85. The summed E-state index contributed by atoms with van der Waals surface area (Å²) in [6.45, 7) is 1.63. The van der Waals surface area contributed by atoms with E-state index in [0.717, 1.165) is 16.4 Å². The van der Waals surface area contributed by atoms with E-state index >= 15 is 0 Å². The molecular formula is C12H16FNO4S2. The van der Waals surface area contributed by atoms with Gasteiger partial charge in [-0.3, -0.25) is 0 Å². The van der Waals surface area contributed by atoms with E-state index in [4.69, 9.17) is 5.11 Å². The van der Waals surface area contributed by atoms with E-state index in [1.165, 1.54) is 25.7 Å². The number of nitrogens with zero attached hydrogens (tertiary/aromatic N) is 1. The molecular weight excluding hydrogens is 305 g/mol. The van der Waals surface area contributed by atoms with Gasteiger partial charge in [0.2, 0.25) is 10.0 Å². The van der Waals surface area contributed by atoms with Gasteiger partial charge in [0.1, 0.15) is 5.82 Å². The third-order valence-electron chi connectivity index (χ3n) is 2.78. The van der Waals surface area contributed by atoms with Gasteiger partial charge in [-0.1, -0.05) is 0 Å². The van der Waals surface area contributed by atoms with Crippen LogP contribution in [-0.4, -0.2) is 49.4 Å². The highest BCUT2D eigenvalue weighted by atomic mass is 32.2. The van der Waals surface area contributed by atoms with Crippen molar-refractivity contribution < 1.29 is 22.7 Å². The van der Waals surface area contributed by atoms with Crippen LogP contribution < -0.4 is 0 Å². The first-order valence-corrected chi connectivity index (χ1v) is 8.54. The van der Waals surface area contributed by atoms with Gasteiger partial charge >= 0.3 is 5.97 Å². The molecule has 0 aliphatic heterocycles. The van der Waals surface area contributed by atoms with Gasteiger partial charge in [-0.05, 0) is 30.9 Å². The molecule has 0 saturated heterocycles. The molecule has 1 aromatic rings. The molecule has 0 spiro atoms. The number of aryl methyl sites for hydroxylation is 1. The Bertz CT molecular complexity index is 616. The van der Waals surface area contributed by atoms with Crippen molar-refractivity contribution in [3.05, 3.63) is 29.1 Å². The molecule has 0 aromatic heterocycles. The summed E-state index contributed by atoms with van der Waals surface area (Å²) >= 11 is 1.49. The lowest BCUT2D eigenvalue weighted by molar-refractivity contribution is 0.0691. The highest BCUT2D eigenvalue weighted by molar-refractivity contribution is 7.98. The number of carboxylic acids is 1. The molecule has 8 heteroatoms. The van der Waals surface area contributed by atoms with Crippen LogP contribution in [0, 0.1) is 12.7 Å². The third kappa shape index (κ3) is 3.50. The molecule has 0 radical (unpaired) electrons. The normalized spacial score (nSPS) is 11.8. The van der Waals surface area contributed by atoms with Crippen molar-refractivity contribution >= 4 is 27.8 Å². The van der Waals surface area contributed by atoms with Gasteiger partial charge in [-0.2, -0.15) is 11.8 Å². The summed E-state index contributed by atoms with van der Waals surface area (Å²) in [5.74, 6) is -1.79. The van der Waals surface area contributed by atoms with E-state index in [1.807, 2.05) is 6.26 Å². The number of thioether (sulfide) groups is 1. The Morgan fingerprint density at radius 3 is 2.55 bits per heavy atom. The summed E-state index contributed by atoms with van der Waals surface area (Å²) < 4.78 is 39.3. The second kappa shape index (κ2) is 6.55. The minimum absolute atomic E-state index is 0.0123. The van der Waals surface area contributed by atoms with Gasteiger partial charge in [-0.15, -0.1) is 0 Å². The summed E-state index contributed by atoms with van der Waals surface area (Å²) in [5.41, 5.74) is -0.649. The molecule has 20 heavy (non-hydrogen) atoms.